The number of benzene rings is 1. The van der Waals surface area contributed by atoms with Gasteiger partial charge in [0.05, 0.1) is 22.7 Å². The van der Waals surface area contributed by atoms with Crippen LogP contribution in [0.4, 0.5) is 5.13 Å². The molecule has 1 aliphatic rings. The SMILES string of the molecule is CC(C(=O)Nc1nc2c(s1)CCCC2)c1nn(C)c(=O)c2ccccc12. The van der Waals surface area contributed by atoms with Crippen molar-refractivity contribution >= 4 is 33.1 Å². The molecule has 0 aliphatic heterocycles. The Labute approximate surface area is 154 Å². The molecular formula is C19H20N4O2S. The maximum atomic E-state index is 12.8. The summed E-state index contributed by atoms with van der Waals surface area (Å²) in [6.07, 6.45) is 4.39. The molecule has 134 valence electrons. The van der Waals surface area contributed by atoms with Crippen LogP contribution in [-0.4, -0.2) is 20.7 Å². The van der Waals surface area contributed by atoms with E-state index in [2.05, 4.69) is 15.4 Å². The number of carbonyl (C=O) groups is 1. The number of aromatic nitrogens is 3. The van der Waals surface area contributed by atoms with Crippen molar-refractivity contribution in [2.75, 3.05) is 5.32 Å². The van der Waals surface area contributed by atoms with Crippen LogP contribution in [0.1, 0.15) is 41.9 Å². The van der Waals surface area contributed by atoms with Crippen LogP contribution in [-0.2, 0) is 24.7 Å². The molecule has 0 spiro atoms. The lowest BCUT2D eigenvalue weighted by Gasteiger charge is -2.14. The molecule has 2 heterocycles. The van der Waals surface area contributed by atoms with Gasteiger partial charge in [-0.2, -0.15) is 5.10 Å². The molecule has 7 heteroatoms. The van der Waals surface area contributed by atoms with E-state index in [1.165, 1.54) is 16.0 Å². The topological polar surface area (TPSA) is 76.9 Å². The van der Waals surface area contributed by atoms with Crippen molar-refractivity contribution in [3.05, 3.63) is 50.9 Å². The monoisotopic (exact) mass is 368 g/mol. The van der Waals surface area contributed by atoms with Crippen molar-refractivity contribution in [1.82, 2.24) is 14.8 Å². The van der Waals surface area contributed by atoms with Crippen LogP contribution >= 0.6 is 11.3 Å². The predicted octanol–water partition coefficient (Wildman–Crippen LogP) is 3.01. The summed E-state index contributed by atoms with van der Waals surface area (Å²) in [4.78, 5) is 30.9. The van der Waals surface area contributed by atoms with E-state index in [4.69, 9.17) is 0 Å². The third-order valence-electron chi connectivity index (χ3n) is 4.86. The number of carbonyl (C=O) groups excluding carboxylic acids is 1. The van der Waals surface area contributed by atoms with Gasteiger partial charge in [-0.25, -0.2) is 9.67 Å². The Kier molecular flexibility index (Phi) is 4.32. The molecule has 4 rings (SSSR count). The minimum atomic E-state index is -0.493. The molecule has 1 unspecified atom stereocenters. The van der Waals surface area contributed by atoms with Gasteiger partial charge < -0.3 is 5.32 Å². The first-order chi connectivity index (χ1) is 12.5. The van der Waals surface area contributed by atoms with Crippen molar-refractivity contribution in [2.45, 2.75) is 38.5 Å². The van der Waals surface area contributed by atoms with Crippen LogP contribution in [0, 0.1) is 0 Å². The highest BCUT2D eigenvalue weighted by molar-refractivity contribution is 7.15. The van der Waals surface area contributed by atoms with Gasteiger partial charge in [-0.1, -0.05) is 18.2 Å². The summed E-state index contributed by atoms with van der Waals surface area (Å²) in [5, 5.41) is 9.24. The van der Waals surface area contributed by atoms with Crippen LogP contribution in [0.2, 0.25) is 0 Å². The first kappa shape index (κ1) is 16.9. The molecule has 6 nitrogen and oxygen atoms in total. The Morgan fingerprint density at radius 2 is 1.96 bits per heavy atom. The molecule has 26 heavy (non-hydrogen) atoms. The molecule has 0 fully saturated rings. The molecule has 1 aliphatic carbocycles. The lowest BCUT2D eigenvalue weighted by molar-refractivity contribution is -0.117. The first-order valence-electron chi connectivity index (χ1n) is 8.80. The van der Waals surface area contributed by atoms with Crippen LogP contribution in [0.3, 0.4) is 0 Å². The second-order valence-electron chi connectivity index (χ2n) is 6.67. The summed E-state index contributed by atoms with van der Waals surface area (Å²) < 4.78 is 1.30. The fourth-order valence-corrected chi connectivity index (χ4v) is 4.44. The van der Waals surface area contributed by atoms with Crippen LogP contribution in [0.15, 0.2) is 29.1 Å². The standard InChI is InChI=1S/C19H20N4O2S/c1-11(16-12-7-3-4-8-13(12)18(25)23(2)22-16)17(24)21-19-20-14-9-5-6-10-15(14)26-19/h3-4,7-8,11H,5-6,9-10H2,1-2H3,(H,20,21,24). The van der Waals surface area contributed by atoms with Crippen molar-refractivity contribution in [3.8, 4) is 0 Å². The molecule has 2 aromatic heterocycles. The number of nitrogens with zero attached hydrogens (tertiary/aromatic N) is 3. The lowest BCUT2D eigenvalue weighted by atomic mass is 10.0. The highest BCUT2D eigenvalue weighted by Gasteiger charge is 2.23. The Morgan fingerprint density at radius 1 is 1.23 bits per heavy atom. The molecule has 3 aromatic rings. The second kappa shape index (κ2) is 6.64. The van der Waals surface area contributed by atoms with Crippen LogP contribution in [0.25, 0.3) is 10.8 Å². The summed E-state index contributed by atoms with van der Waals surface area (Å²) in [6.45, 7) is 1.81. The van der Waals surface area contributed by atoms with E-state index in [0.29, 0.717) is 16.2 Å². The number of aryl methyl sites for hydroxylation is 3. The van der Waals surface area contributed by atoms with E-state index in [9.17, 15) is 9.59 Å². The fourth-order valence-electron chi connectivity index (χ4n) is 3.39. The highest BCUT2D eigenvalue weighted by Crippen LogP contribution is 2.30. The summed E-state index contributed by atoms with van der Waals surface area (Å²) in [5.41, 5.74) is 1.56. The summed E-state index contributed by atoms with van der Waals surface area (Å²) in [7, 11) is 1.61. The van der Waals surface area contributed by atoms with E-state index < -0.39 is 5.92 Å². The van der Waals surface area contributed by atoms with Crippen molar-refractivity contribution < 1.29 is 4.79 Å². The van der Waals surface area contributed by atoms with Gasteiger partial charge in [0.2, 0.25) is 5.91 Å². The Hall–Kier alpha value is -2.54. The van der Waals surface area contributed by atoms with Crippen molar-refractivity contribution in [1.29, 1.82) is 0 Å². The van der Waals surface area contributed by atoms with Gasteiger partial charge in [0.15, 0.2) is 5.13 Å². The van der Waals surface area contributed by atoms with Gasteiger partial charge in [-0.3, -0.25) is 9.59 Å². The zero-order valence-electron chi connectivity index (χ0n) is 14.8. The number of fused-ring (bicyclic) bond motifs is 2. The van der Waals surface area contributed by atoms with E-state index in [1.54, 1.807) is 24.5 Å². The number of anilines is 1. The summed E-state index contributed by atoms with van der Waals surface area (Å²) in [6, 6.07) is 7.28. The Balaban J connectivity index is 1.65. The predicted molar refractivity (Wildman–Crippen MR) is 103 cm³/mol. The third-order valence-corrected chi connectivity index (χ3v) is 5.94. The third kappa shape index (κ3) is 2.92. The fraction of sp³-hybridized carbons (Fsp3) is 0.368. The number of nitrogens with one attached hydrogen (secondary N) is 1. The lowest BCUT2D eigenvalue weighted by Crippen LogP contribution is -2.26. The normalized spacial score (nSPS) is 14.8. The molecule has 1 aromatic carbocycles. The maximum Gasteiger partial charge on any atom is 0.274 e. The molecule has 0 saturated carbocycles. The Morgan fingerprint density at radius 3 is 2.73 bits per heavy atom. The maximum absolute atomic E-state index is 12.8. The molecular weight excluding hydrogens is 348 g/mol. The number of hydrogen-bond donors (Lipinski definition) is 1. The zero-order valence-corrected chi connectivity index (χ0v) is 15.6. The largest absolute Gasteiger partial charge is 0.301 e. The quantitative estimate of drug-likeness (QED) is 0.771. The van der Waals surface area contributed by atoms with E-state index in [-0.39, 0.29) is 11.5 Å². The average Bonchev–Trinajstić information content (AvgIpc) is 3.06. The minimum absolute atomic E-state index is 0.160. The van der Waals surface area contributed by atoms with Crippen LogP contribution < -0.4 is 10.9 Å². The molecule has 1 N–H and O–H groups in total. The molecule has 1 atom stereocenters. The molecule has 0 saturated heterocycles. The summed E-state index contributed by atoms with van der Waals surface area (Å²) in [5.74, 6) is -0.653. The van der Waals surface area contributed by atoms with Gasteiger partial charge in [0, 0.05) is 17.3 Å². The second-order valence-corrected chi connectivity index (χ2v) is 7.75. The number of rotatable bonds is 3. The number of thiazole rings is 1. The van der Waals surface area contributed by atoms with Gasteiger partial charge in [-0.05, 0) is 38.7 Å². The molecule has 1 amide bonds. The highest BCUT2D eigenvalue weighted by atomic mass is 32.1. The smallest absolute Gasteiger partial charge is 0.274 e. The van der Waals surface area contributed by atoms with Crippen LogP contribution in [0.5, 0.6) is 0 Å². The molecule has 0 radical (unpaired) electrons. The minimum Gasteiger partial charge on any atom is -0.301 e. The van der Waals surface area contributed by atoms with Gasteiger partial charge in [0.25, 0.3) is 5.56 Å². The van der Waals surface area contributed by atoms with E-state index in [1.807, 2.05) is 25.1 Å². The van der Waals surface area contributed by atoms with Crippen molar-refractivity contribution in [2.24, 2.45) is 7.05 Å². The van der Waals surface area contributed by atoms with Gasteiger partial charge >= 0.3 is 0 Å². The Bertz CT molecular complexity index is 1030. The summed E-state index contributed by atoms with van der Waals surface area (Å²) >= 11 is 1.57. The van der Waals surface area contributed by atoms with E-state index in [0.717, 1.165) is 30.3 Å². The van der Waals surface area contributed by atoms with E-state index >= 15 is 0 Å². The number of amides is 1. The molecule has 0 bridgehead atoms. The van der Waals surface area contributed by atoms with Crippen molar-refractivity contribution in [3.63, 3.8) is 0 Å². The number of hydrogen-bond acceptors (Lipinski definition) is 5. The van der Waals surface area contributed by atoms with Gasteiger partial charge in [-0.15, -0.1) is 11.3 Å². The average molecular weight is 368 g/mol. The van der Waals surface area contributed by atoms with Gasteiger partial charge in [0.1, 0.15) is 0 Å². The zero-order chi connectivity index (χ0) is 18.3. The first-order valence-corrected chi connectivity index (χ1v) is 9.61.